The number of hydrogen-bond acceptors (Lipinski definition) is 3. The molecule has 0 bridgehead atoms. The van der Waals surface area contributed by atoms with Crippen LogP contribution in [0.2, 0.25) is 0 Å². The molecule has 2 atom stereocenters. The molecule has 1 aromatic heterocycles. The fraction of sp³-hybridized carbons (Fsp3) is 0.471. The minimum Gasteiger partial charge on any atom is -0.239 e. The van der Waals surface area contributed by atoms with Crippen molar-refractivity contribution >= 4 is 10.0 Å². The van der Waals surface area contributed by atoms with Crippen molar-refractivity contribution in [3.05, 3.63) is 42.2 Å². The van der Waals surface area contributed by atoms with Crippen LogP contribution in [0.3, 0.4) is 0 Å². The molecule has 1 aliphatic rings. The molecule has 1 aliphatic heterocycles. The quantitative estimate of drug-likeness (QED) is 0.868. The van der Waals surface area contributed by atoms with Gasteiger partial charge in [-0.25, -0.2) is 13.1 Å². The van der Waals surface area contributed by atoms with E-state index in [0.717, 1.165) is 12.1 Å². The number of aromatic nitrogens is 2. The molecule has 1 fully saturated rings. The molecule has 3 rings (SSSR count). The number of piperidine rings is 1. The van der Waals surface area contributed by atoms with Crippen LogP contribution in [0, 0.1) is 18.8 Å². The summed E-state index contributed by atoms with van der Waals surface area (Å²) in [5.74, 6) is 0.774. The highest BCUT2D eigenvalue weighted by Crippen LogP contribution is 2.28. The maximum Gasteiger partial charge on any atom is 0.246 e. The number of nitrogens with zero attached hydrogens (tertiary/aromatic N) is 3. The summed E-state index contributed by atoms with van der Waals surface area (Å²) in [6, 6.07) is 9.57. The van der Waals surface area contributed by atoms with Gasteiger partial charge < -0.3 is 0 Å². The van der Waals surface area contributed by atoms with E-state index in [1.54, 1.807) is 22.1 Å². The molecular formula is C17H23N3O2S. The van der Waals surface area contributed by atoms with Gasteiger partial charge in [-0.15, -0.1) is 0 Å². The molecule has 5 nitrogen and oxygen atoms in total. The van der Waals surface area contributed by atoms with Crippen LogP contribution in [-0.2, 0) is 10.0 Å². The van der Waals surface area contributed by atoms with Gasteiger partial charge in [0.1, 0.15) is 4.90 Å². The predicted molar refractivity (Wildman–Crippen MR) is 90.0 cm³/mol. The highest BCUT2D eigenvalue weighted by Gasteiger charge is 2.33. The number of benzene rings is 1. The molecule has 2 unspecified atom stereocenters. The van der Waals surface area contributed by atoms with E-state index < -0.39 is 10.0 Å². The lowest BCUT2D eigenvalue weighted by atomic mass is 9.94. The molecule has 124 valence electrons. The van der Waals surface area contributed by atoms with E-state index in [1.807, 2.05) is 30.3 Å². The van der Waals surface area contributed by atoms with Crippen molar-refractivity contribution in [2.45, 2.75) is 32.1 Å². The molecule has 0 spiro atoms. The van der Waals surface area contributed by atoms with Gasteiger partial charge in [-0.3, -0.25) is 0 Å². The first-order chi connectivity index (χ1) is 10.9. The lowest BCUT2D eigenvalue weighted by Gasteiger charge is -2.33. The maximum atomic E-state index is 13.0. The predicted octanol–water partition coefficient (Wildman–Crippen LogP) is 2.85. The zero-order chi connectivity index (χ0) is 16.6. The Kier molecular flexibility index (Phi) is 4.29. The van der Waals surface area contributed by atoms with Crippen LogP contribution in [0.1, 0.15) is 26.0 Å². The lowest BCUT2D eigenvalue weighted by molar-refractivity contribution is 0.222. The fourth-order valence-corrected chi connectivity index (χ4v) is 5.18. The number of hydrogen-bond donors (Lipinski definition) is 0. The average Bonchev–Trinajstić information content (AvgIpc) is 2.90. The molecule has 1 saturated heterocycles. The Morgan fingerprint density at radius 3 is 2.30 bits per heavy atom. The van der Waals surface area contributed by atoms with Crippen LogP contribution in [0.25, 0.3) is 5.69 Å². The number of rotatable bonds is 3. The summed E-state index contributed by atoms with van der Waals surface area (Å²) >= 11 is 0. The van der Waals surface area contributed by atoms with Crippen molar-refractivity contribution in [2.75, 3.05) is 13.1 Å². The number of para-hydroxylation sites is 1. The fourth-order valence-electron chi connectivity index (χ4n) is 3.35. The van der Waals surface area contributed by atoms with Gasteiger partial charge in [-0.05, 0) is 37.3 Å². The normalized spacial score (nSPS) is 23.1. The summed E-state index contributed by atoms with van der Waals surface area (Å²) in [4.78, 5) is 0.308. The molecule has 23 heavy (non-hydrogen) atoms. The van der Waals surface area contributed by atoms with Gasteiger partial charge in [0.05, 0.1) is 17.6 Å². The largest absolute Gasteiger partial charge is 0.246 e. The maximum absolute atomic E-state index is 13.0. The van der Waals surface area contributed by atoms with Crippen molar-refractivity contribution in [3.8, 4) is 5.69 Å². The van der Waals surface area contributed by atoms with Crippen molar-refractivity contribution in [2.24, 2.45) is 11.8 Å². The zero-order valence-electron chi connectivity index (χ0n) is 13.8. The highest BCUT2D eigenvalue weighted by atomic mass is 32.2. The van der Waals surface area contributed by atoms with Crippen LogP contribution in [0.4, 0.5) is 0 Å². The molecule has 1 aromatic carbocycles. The summed E-state index contributed by atoms with van der Waals surface area (Å²) in [6.45, 7) is 7.14. The molecule has 0 amide bonds. The Labute approximate surface area is 138 Å². The molecule has 6 heteroatoms. The van der Waals surface area contributed by atoms with Crippen LogP contribution >= 0.6 is 0 Å². The summed E-state index contributed by atoms with van der Waals surface area (Å²) < 4.78 is 29.3. The van der Waals surface area contributed by atoms with Gasteiger partial charge in [0.2, 0.25) is 10.0 Å². The summed E-state index contributed by atoms with van der Waals surface area (Å²) in [5, 5.41) is 4.39. The van der Waals surface area contributed by atoms with Gasteiger partial charge in [0, 0.05) is 13.1 Å². The monoisotopic (exact) mass is 333 g/mol. The SMILES string of the molecule is Cc1nn(-c2ccccc2)cc1S(=O)(=O)N1CC(C)CC(C)C1. The number of aryl methyl sites for hydroxylation is 1. The minimum absolute atomic E-state index is 0.308. The van der Waals surface area contributed by atoms with E-state index >= 15 is 0 Å². The topological polar surface area (TPSA) is 55.2 Å². The van der Waals surface area contributed by atoms with Crippen LogP contribution in [0.5, 0.6) is 0 Å². The van der Waals surface area contributed by atoms with Crippen LogP contribution in [-0.4, -0.2) is 35.6 Å². The number of sulfonamides is 1. The zero-order valence-corrected chi connectivity index (χ0v) is 14.6. The minimum atomic E-state index is -3.50. The van der Waals surface area contributed by atoms with Crippen LogP contribution in [0.15, 0.2) is 41.4 Å². The Bertz CT molecular complexity index is 773. The molecule has 0 saturated carbocycles. The second-order valence-electron chi connectivity index (χ2n) is 6.63. The Balaban J connectivity index is 1.96. The van der Waals surface area contributed by atoms with Gasteiger partial charge in [-0.2, -0.15) is 9.40 Å². The highest BCUT2D eigenvalue weighted by molar-refractivity contribution is 7.89. The van der Waals surface area contributed by atoms with E-state index in [0.29, 0.717) is 35.5 Å². The van der Waals surface area contributed by atoms with Gasteiger partial charge in [0.25, 0.3) is 0 Å². The standard InChI is InChI=1S/C17H23N3O2S/c1-13-9-14(2)11-19(10-13)23(21,22)17-12-20(18-15(17)3)16-7-5-4-6-8-16/h4-8,12-14H,9-11H2,1-3H3. The summed E-state index contributed by atoms with van der Waals surface area (Å²) in [5.41, 5.74) is 1.40. The van der Waals surface area contributed by atoms with E-state index in [1.165, 1.54) is 0 Å². The van der Waals surface area contributed by atoms with Crippen LogP contribution < -0.4 is 0 Å². The van der Waals surface area contributed by atoms with E-state index in [4.69, 9.17) is 0 Å². The second kappa shape index (κ2) is 6.09. The average molecular weight is 333 g/mol. The van der Waals surface area contributed by atoms with E-state index in [9.17, 15) is 8.42 Å². The first-order valence-corrected chi connectivity index (χ1v) is 9.44. The van der Waals surface area contributed by atoms with Crippen molar-refractivity contribution in [3.63, 3.8) is 0 Å². The molecule has 2 aromatic rings. The Morgan fingerprint density at radius 1 is 1.09 bits per heavy atom. The van der Waals surface area contributed by atoms with Crippen molar-refractivity contribution in [1.29, 1.82) is 0 Å². The molecule has 0 aliphatic carbocycles. The molecular weight excluding hydrogens is 310 g/mol. The lowest BCUT2D eigenvalue weighted by Crippen LogP contribution is -2.42. The summed E-state index contributed by atoms with van der Waals surface area (Å²) in [7, 11) is -3.50. The van der Waals surface area contributed by atoms with Gasteiger partial charge in [-0.1, -0.05) is 32.0 Å². The third kappa shape index (κ3) is 3.19. The second-order valence-corrected chi connectivity index (χ2v) is 8.53. The molecule has 2 heterocycles. The molecule has 0 N–H and O–H groups in total. The van der Waals surface area contributed by atoms with Crippen molar-refractivity contribution in [1.82, 2.24) is 14.1 Å². The smallest absolute Gasteiger partial charge is 0.239 e. The molecule has 0 radical (unpaired) electrons. The first kappa shape index (κ1) is 16.2. The first-order valence-electron chi connectivity index (χ1n) is 7.99. The third-order valence-corrected chi connectivity index (χ3v) is 6.26. The van der Waals surface area contributed by atoms with E-state index in [-0.39, 0.29) is 0 Å². The summed E-state index contributed by atoms with van der Waals surface area (Å²) in [6.07, 6.45) is 2.71. The van der Waals surface area contributed by atoms with Crippen molar-refractivity contribution < 1.29 is 8.42 Å². The van der Waals surface area contributed by atoms with Gasteiger partial charge in [0.15, 0.2) is 0 Å². The van der Waals surface area contributed by atoms with Gasteiger partial charge >= 0.3 is 0 Å². The third-order valence-electron chi connectivity index (χ3n) is 4.33. The Morgan fingerprint density at radius 2 is 1.70 bits per heavy atom. The Hall–Kier alpha value is -1.66. The van der Waals surface area contributed by atoms with E-state index in [2.05, 4.69) is 18.9 Å².